The Morgan fingerprint density at radius 1 is 1.26 bits per heavy atom. The SMILES string of the molecule is COC(=O)C1=C(C)N(c2ccccc2)C(=S)N[C@H]1c1cccs1. The number of hydrogen-bond acceptors (Lipinski definition) is 4. The van der Waals surface area contributed by atoms with Gasteiger partial charge in [-0.2, -0.15) is 0 Å². The number of carbonyl (C=O) groups excluding carboxylic acids is 1. The van der Waals surface area contributed by atoms with Gasteiger partial charge in [-0.05, 0) is 42.7 Å². The zero-order valence-corrected chi connectivity index (χ0v) is 14.4. The lowest BCUT2D eigenvalue weighted by molar-refractivity contribution is -0.136. The van der Waals surface area contributed by atoms with Crippen molar-refractivity contribution in [3.05, 3.63) is 64.0 Å². The van der Waals surface area contributed by atoms with E-state index in [0.29, 0.717) is 10.7 Å². The molecule has 0 unspecified atom stereocenters. The molecule has 0 saturated heterocycles. The number of ether oxygens (including phenoxy) is 1. The van der Waals surface area contributed by atoms with E-state index >= 15 is 0 Å². The summed E-state index contributed by atoms with van der Waals surface area (Å²) in [6.07, 6.45) is 0. The third kappa shape index (κ3) is 2.87. The lowest BCUT2D eigenvalue weighted by Gasteiger charge is -2.36. The summed E-state index contributed by atoms with van der Waals surface area (Å²) in [5.41, 5.74) is 2.27. The van der Waals surface area contributed by atoms with E-state index in [9.17, 15) is 4.79 Å². The molecule has 1 aliphatic heterocycles. The molecule has 0 saturated carbocycles. The predicted octanol–water partition coefficient (Wildman–Crippen LogP) is 3.63. The molecular formula is C17H16N2O2S2. The Labute approximate surface area is 144 Å². The summed E-state index contributed by atoms with van der Waals surface area (Å²) in [7, 11) is 1.40. The Hall–Kier alpha value is -2.18. The van der Waals surface area contributed by atoms with Gasteiger partial charge >= 0.3 is 5.97 Å². The summed E-state index contributed by atoms with van der Waals surface area (Å²) in [6, 6.07) is 13.4. The minimum atomic E-state index is -0.350. The molecule has 4 nitrogen and oxygen atoms in total. The van der Waals surface area contributed by atoms with Crippen LogP contribution in [0, 0.1) is 0 Å². The molecule has 23 heavy (non-hydrogen) atoms. The van der Waals surface area contributed by atoms with Gasteiger partial charge in [0.1, 0.15) is 0 Å². The van der Waals surface area contributed by atoms with Crippen molar-refractivity contribution in [3.8, 4) is 0 Å². The van der Waals surface area contributed by atoms with Crippen molar-refractivity contribution in [3.63, 3.8) is 0 Å². The van der Waals surface area contributed by atoms with Gasteiger partial charge < -0.3 is 10.1 Å². The minimum absolute atomic E-state index is 0.282. The maximum atomic E-state index is 12.4. The molecule has 0 bridgehead atoms. The Balaban J connectivity index is 2.13. The molecule has 0 radical (unpaired) electrons. The van der Waals surface area contributed by atoms with Gasteiger partial charge in [-0.1, -0.05) is 24.3 Å². The molecule has 1 aromatic heterocycles. The minimum Gasteiger partial charge on any atom is -0.466 e. The van der Waals surface area contributed by atoms with E-state index in [1.165, 1.54) is 7.11 Å². The molecular weight excluding hydrogens is 328 g/mol. The van der Waals surface area contributed by atoms with Crippen molar-refractivity contribution in [2.75, 3.05) is 12.0 Å². The van der Waals surface area contributed by atoms with Crippen LogP contribution in [0.4, 0.5) is 5.69 Å². The quantitative estimate of drug-likeness (QED) is 0.680. The van der Waals surface area contributed by atoms with E-state index < -0.39 is 0 Å². The maximum Gasteiger partial charge on any atom is 0.338 e. The number of anilines is 1. The number of esters is 1. The lowest BCUT2D eigenvalue weighted by Crippen LogP contribution is -2.47. The molecule has 0 aliphatic carbocycles. The van der Waals surface area contributed by atoms with Crippen molar-refractivity contribution in [1.82, 2.24) is 5.32 Å². The fourth-order valence-corrected chi connectivity index (χ4v) is 3.82. The number of nitrogens with one attached hydrogen (secondary N) is 1. The number of thiocarbonyl (C=S) groups is 1. The van der Waals surface area contributed by atoms with E-state index in [4.69, 9.17) is 17.0 Å². The molecule has 0 fully saturated rings. The van der Waals surface area contributed by atoms with Crippen LogP contribution in [0.3, 0.4) is 0 Å². The Morgan fingerprint density at radius 2 is 2.00 bits per heavy atom. The molecule has 1 atom stereocenters. The van der Waals surface area contributed by atoms with E-state index in [1.807, 2.05) is 59.7 Å². The first-order chi connectivity index (χ1) is 11.1. The number of allylic oxidation sites excluding steroid dienone is 1. The zero-order valence-electron chi connectivity index (χ0n) is 12.8. The van der Waals surface area contributed by atoms with Crippen LogP contribution < -0.4 is 10.2 Å². The van der Waals surface area contributed by atoms with Crippen LogP contribution in [-0.4, -0.2) is 18.2 Å². The number of rotatable bonds is 3. The van der Waals surface area contributed by atoms with Crippen molar-refractivity contribution in [2.45, 2.75) is 13.0 Å². The van der Waals surface area contributed by atoms with Gasteiger partial charge in [-0.3, -0.25) is 4.90 Å². The largest absolute Gasteiger partial charge is 0.466 e. The van der Waals surface area contributed by atoms with Gasteiger partial charge in [0.15, 0.2) is 5.11 Å². The monoisotopic (exact) mass is 344 g/mol. The molecule has 2 aromatic rings. The first-order valence-corrected chi connectivity index (χ1v) is 8.40. The summed E-state index contributed by atoms with van der Waals surface area (Å²) in [4.78, 5) is 15.3. The molecule has 1 aliphatic rings. The average molecular weight is 344 g/mol. The first kappa shape index (κ1) is 15.7. The Morgan fingerprint density at radius 3 is 2.61 bits per heavy atom. The third-order valence-electron chi connectivity index (χ3n) is 3.73. The van der Waals surface area contributed by atoms with Crippen molar-refractivity contribution >= 4 is 40.3 Å². The number of hydrogen-bond donors (Lipinski definition) is 1. The second-order valence-electron chi connectivity index (χ2n) is 5.06. The van der Waals surface area contributed by atoms with Crippen molar-refractivity contribution < 1.29 is 9.53 Å². The second kappa shape index (κ2) is 6.52. The van der Waals surface area contributed by atoms with E-state index in [-0.39, 0.29) is 12.0 Å². The number of para-hydroxylation sites is 1. The molecule has 6 heteroatoms. The molecule has 2 heterocycles. The van der Waals surface area contributed by atoms with Gasteiger partial charge in [0, 0.05) is 16.3 Å². The van der Waals surface area contributed by atoms with E-state index in [0.717, 1.165) is 16.3 Å². The molecule has 3 rings (SSSR count). The number of nitrogens with zero attached hydrogens (tertiary/aromatic N) is 1. The topological polar surface area (TPSA) is 41.6 Å². The van der Waals surface area contributed by atoms with Crippen molar-refractivity contribution in [2.24, 2.45) is 0 Å². The normalized spacial score (nSPS) is 17.9. The standard InChI is InChI=1S/C17H16N2O2S2/c1-11-14(16(20)21-2)15(13-9-6-10-23-13)18-17(22)19(11)12-7-4-3-5-8-12/h3-10,15H,1-2H3,(H,18,22)/t15-/m0/s1. The second-order valence-corrected chi connectivity index (χ2v) is 6.43. The number of thiophene rings is 1. The first-order valence-electron chi connectivity index (χ1n) is 7.11. The highest BCUT2D eigenvalue weighted by atomic mass is 32.1. The summed E-state index contributed by atoms with van der Waals surface area (Å²) in [5.74, 6) is -0.350. The highest BCUT2D eigenvalue weighted by Crippen LogP contribution is 2.35. The molecule has 1 aromatic carbocycles. The van der Waals surface area contributed by atoms with Crippen molar-refractivity contribution in [1.29, 1.82) is 0 Å². The molecule has 0 spiro atoms. The van der Waals surface area contributed by atoms with Gasteiger partial charge in [0.05, 0.1) is 18.7 Å². The summed E-state index contributed by atoms with van der Waals surface area (Å²) in [6.45, 7) is 1.90. The third-order valence-corrected chi connectivity index (χ3v) is 4.97. The Bertz CT molecular complexity index is 754. The predicted molar refractivity (Wildman–Crippen MR) is 96.4 cm³/mol. The highest BCUT2D eigenvalue weighted by Gasteiger charge is 2.35. The van der Waals surface area contributed by atoms with Crippen LogP contribution in [0.25, 0.3) is 0 Å². The number of carbonyl (C=O) groups is 1. The van der Waals surface area contributed by atoms with E-state index in [1.54, 1.807) is 11.3 Å². The highest BCUT2D eigenvalue weighted by molar-refractivity contribution is 7.80. The van der Waals surface area contributed by atoms with Crippen LogP contribution in [0.5, 0.6) is 0 Å². The maximum absolute atomic E-state index is 12.4. The van der Waals surface area contributed by atoms with Gasteiger partial charge in [-0.15, -0.1) is 11.3 Å². The number of methoxy groups -OCH3 is 1. The van der Waals surface area contributed by atoms with Gasteiger partial charge in [0.2, 0.25) is 0 Å². The zero-order chi connectivity index (χ0) is 16.4. The number of benzene rings is 1. The van der Waals surface area contributed by atoms with E-state index in [2.05, 4.69) is 5.32 Å². The van der Waals surface area contributed by atoms with Crippen LogP contribution >= 0.6 is 23.6 Å². The van der Waals surface area contributed by atoms with Crippen LogP contribution in [-0.2, 0) is 9.53 Å². The van der Waals surface area contributed by atoms with Crippen LogP contribution in [0.2, 0.25) is 0 Å². The molecule has 118 valence electrons. The smallest absolute Gasteiger partial charge is 0.338 e. The summed E-state index contributed by atoms with van der Waals surface area (Å²) < 4.78 is 5.01. The molecule has 1 N–H and O–H groups in total. The molecule has 0 amide bonds. The summed E-state index contributed by atoms with van der Waals surface area (Å²) in [5, 5.41) is 5.82. The summed E-state index contributed by atoms with van der Waals surface area (Å²) >= 11 is 7.13. The van der Waals surface area contributed by atoms with Crippen LogP contribution in [0.1, 0.15) is 17.8 Å². The fraction of sp³-hybridized carbons (Fsp3) is 0.176. The fourth-order valence-electron chi connectivity index (χ4n) is 2.67. The van der Waals surface area contributed by atoms with Crippen LogP contribution in [0.15, 0.2) is 59.1 Å². The average Bonchev–Trinajstić information content (AvgIpc) is 3.09. The lowest BCUT2D eigenvalue weighted by atomic mass is 10.0. The van der Waals surface area contributed by atoms with Gasteiger partial charge in [0.25, 0.3) is 0 Å². The Kier molecular flexibility index (Phi) is 4.45. The van der Waals surface area contributed by atoms with Gasteiger partial charge in [-0.25, -0.2) is 4.79 Å².